The van der Waals surface area contributed by atoms with Crippen LogP contribution in [0.1, 0.15) is 25.6 Å². The minimum absolute atomic E-state index is 0.159. The van der Waals surface area contributed by atoms with Crippen molar-refractivity contribution in [1.82, 2.24) is 13.9 Å². The molecule has 0 saturated carbocycles. The molecular weight excluding hydrogens is 464 g/mol. The Labute approximate surface area is 198 Å². The van der Waals surface area contributed by atoms with Gasteiger partial charge in [-0.1, -0.05) is 30.7 Å². The van der Waals surface area contributed by atoms with E-state index in [1.165, 1.54) is 4.31 Å². The van der Waals surface area contributed by atoms with E-state index >= 15 is 0 Å². The van der Waals surface area contributed by atoms with E-state index in [-0.39, 0.29) is 17.2 Å². The van der Waals surface area contributed by atoms with Crippen molar-refractivity contribution in [1.29, 1.82) is 0 Å². The fourth-order valence-electron chi connectivity index (χ4n) is 3.92. The van der Waals surface area contributed by atoms with Gasteiger partial charge in [0, 0.05) is 32.5 Å². The van der Waals surface area contributed by atoms with Crippen molar-refractivity contribution in [2.24, 2.45) is 0 Å². The fourth-order valence-corrected chi connectivity index (χ4v) is 5.53. The number of carbonyl (C=O) groups excluding carboxylic acids is 1. The van der Waals surface area contributed by atoms with Gasteiger partial charge >= 0.3 is 0 Å². The lowest BCUT2D eigenvalue weighted by Gasteiger charge is -2.26. The van der Waals surface area contributed by atoms with Gasteiger partial charge in [0.15, 0.2) is 0 Å². The lowest BCUT2D eigenvalue weighted by molar-refractivity contribution is -0.116. The van der Waals surface area contributed by atoms with Crippen LogP contribution in [-0.2, 0) is 32.5 Å². The summed E-state index contributed by atoms with van der Waals surface area (Å²) in [6.07, 6.45) is 1.55. The van der Waals surface area contributed by atoms with E-state index in [1.54, 1.807) is 36.4 Å². The number of para-hydroxylation sites is 1. The third kappa shape index (κ3) is 5.22. The Morgan fingerprint density at radius 1 is 1.18 bits per heavy atom. The van der Waals surface area contributed by atoms with Crippen LogP contribution < -0.4 is 5.32 Å². The molecule has 2 heterocycles. The van der Waals surface area contributed by atoms with Crippen LogP contribution in [0.3, 0.4) is 0 Å². The first-order chi connectivity index (χ1) is 15.9. The van der Waals surface area contributed by atoms with E-state index < -0.39 is 10.0 Å². The number of rotatable bonds is 8. The van der Waals surface area contributed by atoms with Crippen molar-refractivity contribution in [3.05, 3.63) is 53.3 Å². The van der Waals surface area contributed by atoms with Gasteiger partial charge in [-0.25, -0.2) is 13.4 Å². The van der Waals surface area contributed by atoms with Crippen LogP contribution in [0.15, 0.2) is 47.4 Å². The maximum atomic E-state index is 13.0. The average Bonchev–Trinajstić information content (AvgIpc) is 3.17. The van der Waals surface area contributed by atoms with Gasteiger partial charge in [0.25, 0.3) is 0 Å². The van der Waals surface area contributed by atoms with Crippen LogP contribution >= 0.6 is 11.6 Å². The van der Waals surface area contributed by atoms with E-state index in [4.69, 9.17) is 21.3 Å². The second-order valence-corrected chi connectivity index (χ2v) is 10.2. The number of hydrogen-bond acceptors (Lipinski definition) is 5. The van der Waals surface area contributed by atoms with Gasteiger partial charge in [-0.15, -0.1) is 0 Å². The highest BCUT2D eigenvalue weighted by atomic mass is 35.5. The Kier molecular flexibility index (Phi) is 7.33. The minimum Gasteiger partial charge on any atom is -0.379 e. The Hall–Kier alpha value is -2.46. The summed E-state index contributed by atoms with van der Waals surface area (Å²) < 4.78 is 34.9. The maximum Gasteiger partial charge on any atom is 0.243 e. The number of sulfonamides is 1. The zero-order valence-corrected chi connectivity index (χ0v) is 20.0. The smallest absolute Gasteiger partial charge is 0.243 e. The van der Waals surface area contributed by atoms with Gasteiger partial charge in [0.2, 0.25) is 15.9 Å². The summed E-state index contributed by atoms with van der Waals surface area (Å²) in [4.78, 5) is 17.4. The van der Waals surface area contributed by atoms with Crippen LogP contribution in [0.4, 0.5) is 5.69 Å². The van der Waals surface area contributed by atoms with Crippen LogP contribution in [-0.4, -0.2) is 54.5 Å². The molecule has 0 unspecified atom stereocenters. The molecule has 1 amide bonds. The average molecular weight is 491 g/mol. The maximum absolute atomic E-state index is 13.0. The Balaban J connectivity index is 1.55. The third-order valence-corrected chi connectivity index (χ3v) is 7.80. The third-order valence-electron chi connectivity index (χ3n) is 5.58. The summed E-state index contributed by atoms with van der Waals surface area (Å²) in [5, 5.41) is 3.31. The number of amides is 1. The zero-order chi connectivity index (χ0) is 23.4. The van der Waals surface area contributed by atoms with E-state index in [1.807, 2.05) is 6.07 Å². The number of ether oxygens (including phenoxy) is 1. The van der Waals surface area contributed by atoms with Crippen LogP contribution in [0.25, 0.3) is 11.0 Å². The summed E-state index contributed by atoms with van der Waals surface area (Å²) in [7, 11) is -3.61. The normalized spacial score (nSPS) is 15.1. The lowest BCUT2D eigenvalue weighted by atomic mass is 10.2. The predicted molar refractivity (Wildman–Crippen MR) is 128 cm³/mol. The van der Waals surface area contributed by atoms with E-state index in [9.17, 15) is 13.2 Å². The Bertz CT molecular complexity index is 1250. The molecule has 1 aromatic heterocycles. The number of imidazole rings is 1. The van der Waals surface area contributed by atoms with Gasteiger partial charge in [0.05, 0.1) is 39.9 Å². The summed E-state index contributed by atoms with van der Waals surface area (Å²) in [5.74, 6) is 0.593. The second-order valence-electron chi connectivity index (χ2n) is 7.87. The first-order valence-electron chi connectivity index (χ1n) is 11.0. The molecule has 1 N–H and O–H groups in total. The topological polar surface area (TPSA) is 93.5 Å². The fraction of sp³-hybridized carbons (Fsp3) is 0.391. The number of nitrogens with one attached hydrogen (secondary N) is 1. The summed E-state index contributed by atoms with van der Waals surface area (Å²) in [6, 6.07) is 12.2. The molecule has 4 rings (SSSR count). The molecule has 8 nitrogen and oxygen atoms in total. The number of anilines is 1. The summed E-state index contributed by atoms with van der Waals surface area (Å²) in [6.45, 7) is 4.28. The molecule has 10 heteroatoms. The Morgan fingerprint density at radius 2 is 1.94 bits per heavy atom. The molecule has 0 bridgehead atoms. The number of benzene rings is 2. The molecule has 176 valence electrons. The minimum atomic E-state index is -3.61. The molecule has 3 aromatic rings. The van der Waals surface area contributed by atoms with Gasteiger partial charge < -0.3 is 14.6 Å². The number of hydrogen-bond donors (Lipinski definition) is 1. The molecule has 2 aromatic carbocycles. The van der Waals surface area contributed by atoms with Crippen molar-refractivity contribution >= 4 is 44.3 Å². The van der Waals surface area contributed by atoms with Crippen LogP contribution in [0.5, 0.6) is 0 Å². The molecule has 0 radical (unpaired) electrons. The molecule has 0 spiro atoms. The van der Waals surface area contributed by atoms with Crippen molar-refractivity contribution in [2.45, 2.75) is 37.6 Å². The lowest BCUT2D eigenvalue weighted by Crippen LogP contribution is -2.40. The second kappa shape index (κ2) is 10.2. The van der Waals surface area contributed by atoms with Crippen LogP contribution in [0, 0.1) is 0 Å². The number of aryl methyl sites for hydroxylation is 2. The van der Waals surface area contributed by atoms with Gasteiger partial charge in [-0.2, -0.15) is 4.31 Å². The number of carbonyl (C=O) groups is 1. The molecule has 1 fully saturated rings. The summed E-state index contributed by atoms with van der Waals surface area (Å²) in [5.41, 5.74) is 2.04. The van der Waals surface area contributed by atoms with E-state index in [0.717, 1.165) is 24.3 Å². The van der Waals surface area contributed by atoms with Crippen LogP contribution in [0.2, 0.25) is 5.02 Å². The van der Waals surface area contributed by atoms with Crippen molar-refractivity contribution < 1.29 is 17.9 Å². The molecule has 0 atom stereocenters. The highest BCUT2D eigenvalue weighted by molar-refractivity contribution is 7.89. The van der Waals surface area contributed by atoms with Gasteiger partial charge in [-0.05, 0) is 36.8 Å². The number of nitrogens with zero attached hydrogens (tertiary/aromatic N) is 3. The predicted octanol–water partition coefficient (Wildman–Crippen LogP) is 3.69. The molecular formula is C23H27ClN4O4S. The Morgan fingerprint density at radius 3 is 2.67 bits per heavy atom. The van der Waals surface area contributed by atoms with E-state index in [2.05, 4.69) is 16.8 Å². The first kappa shape index (κ1) is 23.7. The molecule has 1 saturated heterocycles. The number of fused-ring (bicyclic) bond motifs is 1. The van der Waals surface area contributed by atoms with E-state index in [0.29, 0.717) is 49.0 Å². The molecule has 33 heavy (non-hydrogen) atoms. The first-order valence-corrected chi connectivity index (χ1v) is 12.8. The number of morpholine rings is 1. The van der Waals surface area contributed by atoms with Gasteiger partial charge in [-0.3, -0.25) is 4.79 Å². The molecule has 1 aliphatic rings. The van der Waals surface area contributed by atoms with Crippen molar-refractivity contribution in [3.8, 4) is 0 Å². The highest BCUT2D eigenvalue weighted by Crippen LogP contribution is 2.25. The zero-order valence-electron chi connectivity index (χ0n) is 18.5. The SMILES string of the molecule is CCCn1c(CCC(=O)Nc2ccccc2Cl)nc2cc(S(=O)(=O)N3CCOCC3)ccc21. The van der Waals surface area contributed by atoms with Crippen molar-refractivity contribution in [3.63, 3.8) is 0 Å². The number of aromatic nitrogens is 2. The standard InChI is InChI=1S/C23H27ClN4O4S/c1-2-11-28-21-8-7-17(33(30,31)27-12-14-32-15-13-27)16-20(21)25-22(28)9-10-23(29)26-19-6-4-3-5-18(19)24/h3-8,16H,2,9-15H2,1H3,(H,26,29). The monoisotopic (exact) mass is 490 g/mol. The highest BCUT2D eigenvalue weighted by Gasteiger charge is 2.27. The quantitative estimate of drug-likeness (QED) is 0.519. The van der Waals surface area contributed by atoms with Gasteiger partial charge in [0.1, 0.15) is 5.82 Å². The molecule has 1 aliphatic heterocycles. The summed E-state index contributed by atoms with van der Waals surface area (Å²) >= 11 is 6.12. The van der Waals surface area contributed by atoms with Crippen molar-refractivity contribution in [2.75, 3.05) is 31.6 Å². The largest absolute Gasteiger partial charge is 0.379 e. The number of halogens is 1. The molecule has 0 aliphatic carbocycles.